The monoisotopic (exact) mass is 330 g/mol. The molecule has 1 fully saturated rings. The van der Waals surface area contributed by atoms with E-state index >= 15 is 0 Å². The number of rotatable bonds is 3. The molecule has 0 aliphatic carbocycles. The van der Waals surface area contributed by atoms with Crippen LogP contribution in [0, 0.1) is 5.92 Å². The van der Waals surface area contributed by atoms with Crippen molar-refractivity contribution in [3.8, 4) is 0 Å². The van der Waals surface area contributed by atoms with Crippen molar-refractivity contribution in [2.24, 2.45) is 5.92 Å². The van der Waals surface area contributed by atoms with Crippen LogP contribution >= 0.6 is 23.2 Å². The molecule has 1 atom stereocenters. The average Bonchev–Trinajstić information content (AvgIpc) is 2.42. The Morgan fingerprint density at radius 3 is 2.86 bits per heavy atom. The highest BCUT2D eigenvalue weighted by molar-refractivity contribution is 6.35. The van der Waals surface area contributed by atoms with E-state index in [-0.39, 0.29) is 18.4 Å². The van der Waals surface area contributed by atoms with E-state index in [0.29, 0.717) is 28.8 Å². The minimum atomic E-state index is -0.833. The number of urea groups is 1. The Labute approximate surface area is 132 Å². The van der Waals surface area contributed by atoms with Crippen LogP contribution < -0.4 is 5.32 Å². The fourth-order valence-corrected chi connectivity index (χ4v) is 2.79. The van der Waals surface area contributed by atoms with Gasteiger partial charge in [-0.05, 0) is 37.0 Å². The lowest BCUT2D eigenvalue weighted by Gasteiger charge is -2.32. The molecule has 1 aliphatic heterocycles. The van der Waals surface area contributed by atoms with Gasteiger partial charge in [0.1, 0.15) is 0 Å². The first-order valence-corrected chi connectivity index (χ1v) is 7.44. The number of carboxylic acids is 1. The summed E-state index contributed by atoms with van der Waals surface area (Å²) >= 11 is 11.9. The molecule has 1 aliphatic rings. The fourth-order valence-electron chi connectivity index (χ4n) is 2.45. The van der Waals surface area contributed by atoms with Gasteiger partial charge in [-0.25, -0.2) is 4.79 Å². The second-order valence-electron chi connectivity index (χ2n) is 5.11. The van der Waals surface area contributed by atoms with Gasteiger partial charge in [0.05, 0.1) is 10.7 Å². The Morgan fingerprint density at radius 2 is 2.14 bits per heavy atom. The van der Waals surface area contributed by atoms with Gasteiger partial charge in [0.2, 0.25) is 0 Å². The summed E-state index contributed by atoms with van der Waals surface area (Å²) in [5.41, 5.74) is 0.453. The number of nitrogens with zero attached hydrogens (tertiary/aromatic N) is 1. The number of aliphatic carboxylic acids is 1. The molecular weight excluding hydrogens is 315 g/mol. The van der Waals surface area contributed by atoms with Crippen LogP contribution in [0.4, 0.5) is 10.5 Å². The van der Waals surface area contributed by atoms with Gasteiger partial charge in [-0.2, -0.15) is 0 Å². The summed E-state index contributed by atoms with van der Waals surface area (Å²) in [6, 6.07) is 4.56. The second kappa shape index (κ2) is 7.00. The predicted octanol–water partition coefficient (Wildman–Crippen LogP) is 3.71. The van der Waals surface area contributed by atoms with E-state index in [1.807, 2.05) is 0 Å². The van der Waals surface area contributed by atoms with E-state index < -0.39 is 5.97 Å². The molecule has 7 heteroatoms. The van der Waals surface area contributed by atoms with Gasteiger partial charge in [0.15, 0.2) is 0 Å². The molecule has 1 unspecified atom stereocenters. The van der Waals surface area contributed by atoms with Crippen LogP contribution in [0.3, 0.4) is 0 Å². The van der Waals surface area contributed by atoms with Crippen molar-refractivity contribution >= 4 is 40.9 Å². The summed E-state index contributed by atoms with van der Waals surface area (Å²) in [6.07, 6.45) is 1.71. The average molecular weight is 331 g/mol. The molecule has 1 heterocycles. The number of amides is 2. The highest BCUT2D eigenvalue weighted by Crippen LogP contribution is 2.26. The van der Waals surface area contributed by atoms with Crippen molar-refractivity contribution in [3.63, 3.8) is 0 Å². The molecule has 0 radical (unpaired) electrons. The van der Waals surface area contributed by atoms with Gasteiger partial charge in [-0.15, -0.1) is 0 Å². The Hall–Kier alpha value is -1.46. The van der Waals surface area contributed by atoms with E-state index in [9.17, 15) is 9.59 Å². The molecule has 1 aromatic rings. The summed E-state index contributed by atoms with van der Waals surface area (Å²) in [5.74, 6) is -0.836. The zero-order valence-corrected chi connectivity index (χ0v) is 12.8. The van der Waals surface area contributed by atoms with Crippen LogP contribution in [0.1, 0.15) is 19.3 Å². The normalized spacial score (nSPS) is 18.4. The molecule has 0 aromatic heterocycles. The van der Waals surface area contributed by atoms with Crippen molar-refractivity contribution in [2.75, 3.05) is 18.4 Å². The number of anilines is 1. The van der Waals surface area contributed by atoms with Gasteiger partial charge >= 0.3 is 12.0 Å². The lowest BCUT2D eigenvalue weighted by Crippen LogP contribution is -2.42. The van der Waals surface area contributed by atoms with Gasteiger partial charge < -0.3 is 15.3 Å². The molecule has 114 valence electrons. The van der Waals surface area contributed by atoms with Crippen LogP contribution in [0.15, 0.2) is 18.2 Å². The Kier molecular flexibility index (Phi) is 5.31. The van der Waals surface area contributed by atoms with Crippen molar-refractivity contribution < 1.29 is 14.7 Å². The number of benzene rings is 1. The number of carbonyl (C=O) groups is 2. The first kappa shape index (κ1) is 15.9. The van der Waals surface area contributed by atoms with Crippen LogP contribution in [-0.4, -0.2) is 35.1 Å². The first-order chi connectivity index (χ1) is 9.95. The van der Waals surface area contributed by atoms with Crippen LogP contribution in [0.5, 0.6) is 0 Å². The molecule has 0 bridgehead atoms. The van der Waals surface area contributed by atoms with Crippen molar-refractivity contribution in [2.45, 2.75) is 19.3 Å². The molecule has 5 nitrogen and oxygen atoms in total. The van der Waals surface area contributed by atoms with Gasteiger partial charge in [-0.3, -0.25) is 4.79 Å². The number of piperidine rings is 1. The molecule has 2 rings (SSSR count). The molecule has 1 saturated heterocycles. The minimum absolute atomic E-state index is 0.00293. The molecule has 0 spiro atoms. The van der Waals surface area contributed by atoms with Crippen LogP contribution in [0.2, 0.25) is 10.0 Å². The van der Waals surface area contributed by atoms with E-state index in [4.69, 9.17) is 28.3 Å². The number of nitrogens with one attached hydrogen (secondary N) is 1. The van der Waals surface area contributed by atoms with Crippen molar-refractivity contribution in [1.29, 1.82) is 0 Å². The maximum atomic E-state index is 12.2. The maximum absolute atomic E-state index is 12.2. The third-order valence-corrected chi connectivity index (χ3v) is 4.00. The van der Waals surface area contributed by atoms with E-state index in [1.165, 1.54) is 0 Å². The second-order valence-corrected chi connectivity index (χ2v) is 5.95. The Bertz CT molecular complexity index is 551. The maximum Gasteiger partial charge on any atom is 0.321 e. The van der Waals surface area contributed by atoms with Crippen molar-refractivity contribution in [1.82, 2.24) is 4.90 Å². The summed E-state index contributed by atoms with van der Waals surface area (Å²) in [5, 5.41) is 12.5. The smallest absolute Gasteiger partial charge is 0.321 e. The Morgan fingerprint density at radius 1 is 1.38 bits per heavy atom. The van der Waals surface area contributed by atoms with E-state index in [2.05, 4.69) is 5.32 Å². The summed E-state index contributed by atoms with van der Waals surface area (Å²) in [6.45, 7) is 1.05. The third kappa shape index (κ3) is 4.51. The van der Waals surface area contributed by atoms with E-state index in [1.54, 1.807) is 23.1 Å². The Balaban J connectivity index is 1.99. The molecule has 1 aromatic carbocycles. The number of halogens is 2. The van der Waals surface area contributed by atoms with Gasteiger partial charge in [0.25, 0.3) is 0 Å². The third-order valence-electron chi connectivity index (χ3n) is 3.44. The number of likely N-dealkylation sites (tertiary alicyclic amines) is 1. The van der Waals surface area contributed by atoms with Crippen LogP contribution in [0.25, 0.3) is 0 Å². The summed E-state index contributed by atoms with van der Waals surface area (Å²) in [4.78, 5) is 24.6. The lowest BCUT2D eigenvalue weighted by atomic mass is 9.95. The number of carbonyl (C=O) groups excluding carboxylic acids is 1. The highest BCUT2D eigenvalue weighted by atomic mass is 35.5. The summed E-state index contributed by atoms with van der Waals surface area (Å²) in [7, 11) is 0. The fraction of sp³-hybridized carbons (Fsp3) is 0.429. The van der Waals surface area contributed by atoms with E-state index in [0.717, 1.165) is 12.8 Å². The zero-order valence-electron chi connectivity index (χ0n) is 11.3. The quantitative estimate of drug-likeness (QED) is 0.887. The largest absolute Gasteiger partial charge is 0.481 e. The standard InChI is InChI=1S/C14H16Cl2N2O3/c15-10-3-4-11(16)12(7-10)17-14(21)18-5-1-2-9(8-18)6-13(19)20/h3-4,7,9H,1-2,5-6,8H2,(H,17,21)(H,19,20). The van der Waals surface area contributed by atoms with Gasteiger partial charge in [-0.1, -0.05) is 23.2 Å². The topological polar surface area (TPSA) is 69.6 Å². The molecule has 0 saturated carbocycles. The lowest BCUT2D eigenvalue weighted by molar-refractivity contribution is -0.138. The highest BCUT2D eigenvalue weighted by Gasteiger charge is 2.25. The zero-order chi connectivity index (χ0) is 15.4. The molecule has 2 amide bonds. The number of hydrogen-bond donors (Lipinski definition) is 2. The molecule has 2 N–H and O–H groups in total. The molecular formula is C14H16Cl2N2O3. The minimum Gasteiger partial charge on any atom is -0.481 e. The summed E-state index contributed by atoms with van der Waals surface area (Å²) < 4.78 is 0. The predicted molar refractivity (Wildman–Crippen MR) is 82.0 cm³/mol. The SMILES string of the molecule is O=C(O)CC1CCCN(C(=O)Nc2cc(Cl)ccc2Cl)C1. The van der Waals surface area contributed by atoms with Gasteiger partial charge in [0, 0.05) is 24.5 Å². The number of hydrogen-bond acceptors (Lipinski definition) is 2. The van der Waals surface area contributed by atoms with Crippen molar-refractivity contribution in [3.05, 3.63) is 28.2 Å². The van der Waals surface area contributed by atoms with Crippen LogP contribution in [-0.2, 0) is 4.79 Å². The molecule has 21 heavy (non-hydrogen) atoms. The number of carboxylic acid groups (broad SMARTS) is 1. The first-order valence-electron chi connectivity index (χ1n) is 6.68.